The van der Waals surface area contributed by atoms with Crippen molar-refractivity contribution >= 4 is 33.3 Å². The summed E-state index contributed by atoms with van der Waals surface area (Å²) in [6, 6.07) is 8.21. The molecule has 31 heavy (non-hydrogen) atoms. The third kappa shape index (κ3) is 4.56. The summed E-state index contributed by atoms with van der Waals surface area (Å²) in [4.78, 5) is 19.0. The molecule has 1 aromatic carbocycles. The Morgan fingerprint density at radius 2 is 1.87 bits per heavy atom. The molecule has 0 atom stereocenters. The predicted octanol–water partition coefficient (Wildman–Crippen LogP) is 3.26. The first-order chi connectivity index (χ1) is 14.9. The zero-order valence-electron chi connectivity index (χ0n) is 17.5. The highest BCUT2D eigenvalue weighted by Crippen LogP contribution is 2.33. The zero-order chi connectivity index (χ0) is 22.0. The molecular weight excluding hydrogens is 438 g/mol. The highest BCUT2D eigenvalue weighted by molar-refractivity contribution is 7.89. The van der Waals surface area contributed by atoms with Crippen molar-refractivity contribution in [1.29, 1.82) is 0 Å². The van der Waals surface area contributed by atoms with Gasteiger partial charge < -0.3 is 9.64 Å². The molecule has 0 unspecified atom stereocenters. The minimum atomic E-state index is -3.63. The van der Waals surface area contributed by atoms with Gasteiger partial charge in [-0.15, -0.1) is 0 Å². The van der Waals surface area contributed by atoms with Crippen LogP contribution in [0.4, 0.5) is 5.69 Å². The predicted molar refractivity (Wildman–Crippen MR) is 119 cm³/mol. The standard InChI is InChI=1S/C22H26ClN3O4S/c1-2-30-22(27)16-8-12-25(13-9-16)21-7-11-24-20-10-14-26(15-19(20)21)31(28,29)18-5-3-17(23)4-6-18/h3-7,11,16H,2,8-10,12-15H2,1H3. The van der Waals surface area contributed by atoms with Gasteiger partial charge in [-0.25, -0.2) is 8.42 Å². The number of halogens is 1. The molecule has 0 aliphatic carbocycles. The van der Waals surface area contributed by atoms with Crippen molar-refractivity contribution < 1.29 is 17.9 Å². The molecule has 0 amide bonds. The Balaban J connectivity index is 1.54. The molecule has 9 heteroatoms. The van der Waals surface area contributed by atoms with Crippen LogP contribution in [0.3, 0.4) is 0 Å². The normalized spacial score (nSPS) is 17.9. The van der Waals surface area contributed by atoms with Crippen LogP contribution in [0, 0.1) is 5.92 Å². The highest BCUT2D eigenvalue weighted by Gasteiger charge is 2.32. The van der Waals surface area contributed by atoms with Gasteiger partial charge in [-0.1, -0.05) is 11.6 Å². The van der Waals surface area contributed by atoms with Crippen LogP contribution < -0.4 is 4.90 Å². The Kier molecular flexibility index (Phi) is 6.50. The molecule has 0 radical (unpaired) electrons. The second-order valence-electron chi connectivity index (χ2n) is 7.81. The molecule has 2 aliphatic rings. The Labute approximate surface area is 188 Å². The van der Waals surface area contributed by atoms with E-state index in [0.29, 0.717) is 24.6 Å². The number of pyridine rings is 1. The van der Waals surface area contributed by atoms with Crippen LogP contribution in [0.15, 0.2) is 41.4 Å². The number of fused-ring (bicyclic) bond motifs is 1. The van der Waals surface area contributed by atoms with E-state index in [0.717, 1.165) is 42.9 Å². The third-order valence-electron chi connectivity index (χ3n) is 5.96. The molecule has 0 bridgehead atoms. The van der Waals surface area contributed by atoms with Gasteiger partial charge >= 0.3 is 5.97 Å². The Morgan fingerprint density at radius 1 is 1.16 bits per heavy atom. The van der Waals surface area contributed by atoms with E-state index in [1.54, 1.807) is 18.3 Å². The summed E-state index contributed by atoms with van der Waals surface area (Å²) in [6.45, 7) is 4.34. The molecule has 1 fully saturated rings. The lowest BCUT2D eigenvalue weighted by Crippen LogP contribution is -2.40. The molecule has 1 aromatic heterocycles. The number of piperidine rings is 1. The van der Waals surface area contributed by atoms with Crippen LogP contribution in [-0.2, 0) is 32.5 Å². The van der Waals surface area contributed by atoms with E-state index in [9.17, 15) is 13.2 Å². The van der Waals surface area contributed by atoms with E-state index in [2.05, 4.69) is 9.88 Å². The maximum Gasteiger partial charge on any atom is 0.309 e. The summed E-state index contributed by atoms with van der Waals surface area (Å²) in [7, 11) is -3.63. The highest BCUT2D eigenvalue weighted by atomic mass is 35.5. The second-order valence-corrected chi connectivity index (χ2v) is 10.2. The van der Waals surface area contributed by atoms with Crippen LogP contribution in [0.1, 0.15) is 31.0 Å². The minimum absolute atomic E-state index is 0.0735. The lowest BCUT2D eigenvalue weighted by Gasteiger charge is -2.36. The largest absolute Gasteiger partial charge is 0.466 e. The van der Waals surface area contributed by atoms with Gasteiger partial charge in [0.2, 0.25) is 10.0 Å². The third-order valence-corrected chi connectivity index (χ3v) is 8.07. The fraction of sp³-hybridized carbons (Fsp3) is 0.455. The maximum absolute atomic E-state index is 13.2. The summed E-state index contributed by atoms with van der Waals surface area (Å²) in [5, 5.41) is 0.501. The number of rotatable bonds is 5. The maximum atomic E-state index is 13.2. The van der Waals surface area contributed by atoms with Gasteiger partial charge in [-0.2, -0.15) is 4.31 Å². The van der Waals surface area contributed by atoms with E-state index in [4.69, 9.17) is 16.3 Å². The number of carbonyl (C=O) groups is 1. The molecule has 7 nitrogen and oxygen atoms in total. The molecule has 0 saturated carbocycles. The molecule has 0 spiro atoms. The second kappa shape index (κ2) is 9.14. The minimum Gasteiger partial charge on any atom is -0.466 e. The van der Waals surface area contributed by atoms with Gasteiger partial charge in [0.05, 0.1) is 17.4 Å². The molecular formula is C22H26ClN3O4S. The SMILES string of the molecule is CCOC(=O)C1CCN(c2ccnc3c2CN(S(=O)(=O)c2ccc(Cl)cc2)CC3)CC1. The number of hydrogen-bond acceptors (Lipinski definition) is 6. The van der Waals surface area contributed by atoms with Gasteiger partial charge in [-0.3, -0.25) is 9.78 Å². The average Bonchev–Trinajstić information content (AvgIpc) is 2.79. The lowest BCUT2D eigenvalue weighted by atomic mass is 9.95. The topological polar surface area (TPSA) is 79.8 Å². The molecule has 166 valence electrons. The van der Waals surface area contributed by atoms with Gasteiger partial charge in [0.1, 0.15) is 0 Å². The van der Waals surface area contributed by atoms with Crippen molar-refractivity contribution in [1.82, 2.24) is 9.29 Å². The number of nitrogens with zero attached hydrogens (tertiary/aromatic N) is 3. The van der Waals surface area contributed by atoms with Crippen molar-refractivity contribution in [2.45, 2.75) is 37.6 Å². The van der Waals surface area contributed by atoms with E-state index in [1.807, 2.05) is 13.0 Å². The fourth-order valence-corrected chi connectivity index (χ4v) is 5.81. The summed E-state index contributed by atoms with van der Waals surface area (Å²) < 4.78 is 33.0. The molecule has 2 aromatic rings. The van der Waals surface area contributed by atoms with Crippen molar-refractivity contribution in [3.8, 4) is 0 Å². The first kappa shape index (κ1) is 22.0. The number of benzene rings is 1. The van der Waals surface area contributed by atoms with E-state index >= 15 is 0 Å². The Morgan fingerprint density at radius 3 is 2.55 bits per heavy atom. The van der Waals surface area contributed by atoms with Gasteiger partial charge in [-0.05, 0) is 50.1 Å². The Bertz CT molecular complexity index is 1050. The smallest absolute Gasteiger partial charge is 0.309 e. The Hall–Kier alpha value is -2.16. The molecule has 0 N–H and O–H groups in total. The van der Waals surface area contributed by atoms with Crippen LogP contribution in [0.25, 0.3) is 0 Å². The fourth-order valence-electron chi connectivity index (χ4n) is 4.27. The van der Waals surface area contributed by atoms with Crippen molar-refractivity contribution in [3.63, 3.8) is 0 Å². The van der Waals surface area contributed by atoms with Crippen LogP contribution >= 0.6 is 11.6 Å². The number of hydrogen-bond donors (Lipinski definition) is 0. The van der Waals surface area contributed by atoms with E-state index in [-0.39, 0.29) is 23.3 Å². The van der Waals surface area contributed by atoms with Gasteiger partial charge in [0.15, 0.2) is 0 Å². The summed E-state index contributed by atoms with van der Waals surface area (Å²) in [5.41, 5.74) is 2.89. The molecule has 2 aliphatic heterocycles. The van der Waals surface area contributed by atoms with Crippen molar-refractivity contribution in [3.05, 3.63) is 52.8 Å². The number of anilines is 1. The number of sulfonamides is 1. The van der Waals surface area contributed by atoms with Crippen LogP contribution in [0.2, 0.25) is 5.02 Å². The zero-order valence-corrected chi connectivity index (χ0v) is 19.0. The monoisotopic (exact) mass is 463 g/mol. The molecule has 1 saturated heterocycles. The number of aromatic nitrogens is 1. The van der Waals surface area contributed by atoms with Gasteiger partial charge in [0, 0.05) is 60.8 Å². The quantitative estimate of drug-likeness (QED) is 0.633. The van der Waals surface area contributed by atoms with Crippen molar-refractivity contribution in [2.75, 3.05) is 31.1 Å². The number of ether oxygens (including phenoxy) is 1. The first-order valence-electron chi connectivity index (χ1n) is 10.5. The molecule has 4 rings (SSSR count). The summed E-state index contributed by atoms with van der Waals surface area (Å²) >= 11 is 5.92. The lowest BCUT2D eigenvalue weighted by molar-refractivity contribution is -0.148. The first-order valence-corrected chi connectivity index (χ1v) is 12.4. The summed E-state index contributed by atoms with van der Waals surface area (Å²) in [5.74, 6) is -0.199. The van der Waals surface area contributed by atoms with Crippen molar-refractivity contribution in [2.24, 2.45) is 5.92 Å². The van der Waals surface area contributed by atoms with Crippen LogP contribution in [0.5, 0.6) is 0 Å². The number of carbonyl (C=O) groups excluding carboxylic acids is 1. The van der Waals surface area contributed by atoms with Crippen LogP contribution in [-0.4, -0.2) is 49.9 Å². The van der Waals surface area contributed by atoms with Gasteiger partial charge in [0.25, 0.3) is 0 Å². The average molecular weight is 464 g/mol. The summed E-state index contributed by atoms with van der Waals surface area (Å²) in [6.07, 6.45) is 3.80. The molecule has 3 heterocycles. The number of esters is 1. The van der Waals surface area contributed by atoms with E-state index in [1.165, 1.54) is 16.4 Å². The van der Waals surface area contributed by atoms with E-state index < -0.39 is 10.0 Å².